The van der Waals surface area contributed by atoms with Crippen LogP contribution in [-0.2, 0) is 4.79 Å². The minimum Gasteiger partial charge on any atom is -0.325 e. The van der Waals surface area contributed by atoms with Gasteiger partial charge in [0.05, 0.1) is 0 Å². The molecule has 3 aromatic rings. The van der Waals surface area contributed by atoms with Crippen LogP contribution in [0.25, 0.3) is 0 Å². The van der Waals surface area contributed by atoms with Crippen molar-refractivity contribution >= 4 is 39.3 Å². The number of benzene rings is 3. The van der Waals surface area contributed by atoms with Gasteiger partial charge in [-0.1, -0.05) is 70.5 Å². The van der Waals surface area contributed by atoms with Gasteiger partial charge in [0.2, 0.25) is 5.91 Å². The molecular weight excluding hydrogens is 382 g/mol. The van der Waals surface area contributed by atoms with E-state index in [2.05, 4.69) is 21.2 Å². The molecular formula is C20H16BrNOS. The van der Waals surface area contributed by atoms with Crippen LogP contribution in [0.1, 0.15) is 10.8 Å². The van der Waals surface area contributed by atoms with Crippen LogP contribution in [0, 0.1) is 0 Å². The molecule has 0 saturated carbocycles. The van der Waals surface area contributed by atoms with Crippen LogP contribution in [0.3, 0.4) is 0 Å². The Hall–Kier alpha value is -2.04. The molecule has 1 amide bonds. The number of amides is 1. The molecule has 3 rings (SSSR count). The zero-order valence-corrected chi connectivity index (χ0v) is 15.3. The lowest BCUT2D eigenvalue weighted by atomic mass is 10.1. The molecule has 0 fully saturated rings. The van der Waals surface area contributed by atoms with Crippen LogP contribution in [0.4, 0.5) is 5.69 Å². The highest BCUT2D eigenvalue weighted by atomic mass is 79.9. The maximum atomic E-state index is 12.9. The van der Waals surface area contributed by atoms with Crippen molar-refractivity contribution in [2.45, 2.75) is 10.1 Å². The SMILES string of the molecule is O=C(Nc1cccc(Br)c1)[C@H](Sc1ccccc1)c1ccccc1. The Bertz CT molecular complexity index is 808. The van der Waals surface area contributed by atoms with E-state index in [0.717, 1.165) is 20.6 Å². The molecule has 24 heavy (non-hydrogen) atoms. The van der Waals surface area contributed by atoms with E-state index >= 15 is 0 Å². The van der Waals surface area contributed by atoms with Crippen molar-refractivity contribution in [1.29, 1.82) is 0 Å². The van der Waals surface area contributed by atoms with E-state index in [1.807, 2.05) is 84.9 Å². The zero-order valence-electron chi connectivity index (χ0n) is 12.9. The summed E-state index contributed by atoms with van der Waals surface area (Å²) in [5.74, 6) is -0.0341. The number of carbonyl (C=O) groups is 1. The van der Waals surface area contributed by atoms with Crippen LogP contribution in [-0.4, -0.2) is 5.91 Å². The smallest absolute Gasteiger partial charge is 0.242 e. The lowest BCUT2D eigenvalue weighted by Crippen LogP contribution is -2.19. The molecule has 3 aromatic carbocycles. The van der Waals surface area contributed by atoms with Gasteiger partial charge in [0.1, 0.15) is 5.25 Å². The summed E-state index contributed by atoms with van der Waals surface area (Å²) in [5, 5.41) is 2.70. The summed E-state index contributed by atoms with van der Waals surface area (Å²) in [6.45, 7) is 0. The van der Waals surface area contributed by atoms with Crippen molar-refractivity contribution in [3.05, 3.63) is 95.0 Å². The molecule has 0 unspecified atom stereocenters. The molecule has 0 radical (unpaired) electrons. The second-order valence-corrected chi connectivity index (χ2v) is 7.32. The number of halogens is 1. The Morgan fingerprint density at radius 3 is 2.21 bits per heavy atom. The number of nitrogens with one attached hydrogen (secondary N) is 1. The zero-order chi connectivity index (χ0) is 16.8. The van der Waals surface area contributed by atoms with E-state index < -0.39 is 0 Å². The average molecular weight is 398 g/mol. The lowest BCUT2D eigenvalue weighted by molar-refractivity contribution is -0.115. The molecule has 0 aliphatic heterocycles. The molecule has 0 spiro atoms. The van der Waals surface area contributed by atoms with Crippen molar-refractivity contribution in [1.82, 2.24) is 0 Å². The van der Waals surface area contributed by atoms with Crippen molar-refractivity contribution in [2.24, 2.45) is 0 Å². The predicted molar refractivity (Wildman–Crippen MR) is 104 cm³/mol. The fourth-order valence-corrected chi connectivity index (χ4v) is 3.75. The Morgan fingerprint density at radius 1 is 0.875 bits per heavy atom. The summed E-state index contributed by atoms with van der Waals surface area (Å²) in [6.07, 6.45) is 0. The fourth-order valence-electron chi connectivity index (χ4n) is 2.31. The predicted octanol–water partition coefficient (Wildman–Crippen LogP) is 5.92. The molecule has 0 bridgehead atoms. The Kier molecular flexibility index (Phi) is 5.72. The summed E-state index contributed by atoms with van der Waals surface area (Å²) in [6, 6.07) is 27.5. The molecule has 4 heteroatoms. The molecule has 0 saturated heterocycles. The van der Waals surface area contributed by atoms with Gasteiger partial charge in [-0.25, -0.2) is 0 Å². The average Bonchev–Trinajstić information content (AvgIpc) is 2.61. The van der Waals surface area contributed by atoms with Gasteiger partial charge < -0.3 is 5.32 Å². The van der Waals surface area contributed by atoms with Crippen LogP contribution in [0.15, 0.2) is 94.3 Å². The fraction of sp³-hybridized carbons (Fsp3) is 0.0500. The summed E-state index contributed by atoms with van der Waals surface area (Å²) < 4.78 is 0.937. The first-order valence-electron chi connectivity index (χ1n) is 7.55. The molecule has 0 aliphatic carbocycles. The number of hydrogen-bond donors (Lipinski definition) is 1. The van der Waals surface area contributed by atoms with Gasteiger partial charge >= 0.3 is 0 Å². The van der Waals surface area contributed by atoms with E-state index in [9.17, 15) is 4.79 Å². The van der Waals surface area contributed by atoms with Gasteiger partial charge in [-0.3, -0.25) is 4.79 Å². The van der Waals surface area contributed by atoms with Crippen molar-refractivity contribution in [3.63, 3.8) is 0 Å². The highest BCUT2D eigenvalue weighted by Gasteiger charge is 2.22. The van der Waals surface area contributed by atoms with Crippen LogP contribution in [0.5, 0.6) is 0 Å². The van der Waals surface area contributed by atoms with Gasteiger partial charge in [0, 0.05) is 15.1 Å². The summed E-state index contributed by atoms with van der Waals surface area (Å²) in [7, 11) is 0. The van der Waals surface area contributed by atoms with Gasteiger partial charge in [0.25, 0.3) is 0 Å². The van der Waals surface area contributed by atoms with Gasteiger partial charge in [0.15, 0.2) is 0 Å². The summed E-state index contributed by atoms with van der Waals surface area (Å²) in [5.41, 5.74) is 1.77. The normalized spacial score (nSPS) is 11.7. The summed E-state index contributed by atoms with van der Waals surface area (Å²) in [4.78, 5) is 13.9. The minimum atomic E-state index is -0.312. The number of thioether (sulfide) groups is 1. The molecule has 2 nitrogen and oxygen atoms in total. The third-order valence-corrected chi connectivity index (χ3v) is 5.19. The maximum Gasteiger partial charge on any atom is 0.242 e. The maximum absolute atomic E-state index is 12.9. The second kappa shape index (κ2) is 8.18. The largest absolute Gasteiger partial charge is 0.325 e. The van der Waals surface area contributed by atoms with Crippen molar-refractivity contribution in [2.75, 3.05) is 5.32 Å². The monoisotopic (exact) mass is 397 g/mol. The molecule has 0 heterocycles. The van der Waals surface area contributed by atoms with Crippen molar-refractivity contribution < 1.29 is 4.79 Å². The van der Waals surface area contributed by atoms with Crippen LogP contribution >= 0.6 is 27.7 Å². The van der Waals surface area contributed by atoms with Gasteiger partial charge in [-0.15, -0.1) is 11.8 Å². The Labute approximate surface area is 154 Å². The molecule has 120 valence electrons. The van der Waals surface area contributed by atoms with Crippen LogP contribution < -0.4 is 5.32 Å². The molecule has 0 aromatic heterocycles. The van der Waals surface area contributed by atoms with E-state index in [0.29, 0.717) is 0 Å². The quantitative estimate of drug-likeness (QED) is 0.541. The Balaban J connectivity index is 1.85. The number of hydrogen-bond acceptors (Lipinski definition) is 2. The van der Waals surface area contributed by atoms with Gasteiger partial charge in [-0.05, 0) is 35.9 Å². The second-order valence-electron chi connectivity index (χ2n) is 5.22. The highest BCUT2D eigenvalue weighted by molar-refractivity contribution is 9.10. The highest BCUT2D eigenvalue weighted by Crippen LogP contribution is 2.36. The Morgan fingerprint density at radius 2 is 1.54 bits per heavy atom. The number of rotatable bonds is 5. The van der Waals surface area contributed by atoms with Crippen LogP contribution in [0.2, 0.25) is 0 Å². The first-order valence-corrected chi connectivity index (χ1v) is 9.23. The first kappa shape index (κ1) is 16.8. The minimum absolute atomic E-state index is 0.0341. The topological polar surface area (TPSA) is 29.1 Å². The summed E-state index contributed by atoms with van der Waals surface area (Å²) >= 11 is 4.98. The van der Waals surface area contributed by atoms with E-state index in [1.54, 1.807) is 11.8 Å². The van der Waals surface area contributed by atoms with Gasteiger partial charge in [-0.2, -0.15) is 0 Å². The first-order chi connectivity index (χ1) is 11.7. The standard InChI is InChI=1S/C20H16BrNOS/c21-16-10-7-11-17(14-16)22-20(23)19(15-8-3-1-4-9-15)24-18-12-5-2-6-13-18/h1-14,19H,(H,22,23)/t19-/m1/s1. The number of carbonyl (C=O) groups excluding carboxylic acids is 1. The number of anilines is 1. The van der Waals surface area contributed by atoms with Crippen molar-refractivity contribution in [3.8, 4) is 0 Å². The molecule has 1 N–H and O–H groups in total. The molecule has 1 atom stereocenters. The third kappa shape index (κ3) is 4.49. The third-order valence-electron chi connectivity index (χ3n) is 3.43. The lowest BCUT2D eigenvalue weighted by Gasteiger charge is -2.17. The van der Waals surface area contributed by atoms with E-state index in [-0.39, 0.29) is 11.2 Å². The molecule has 0 aliphatic rings. The van der Waals surface area contributed by atoms with E-state index in [1.165, 1.54) is 0 Å². The van der Waals surface area contributed by atoms with E-state index in [4.69, 9.17) is 0 Å².